The molecule has 0 fully saturated rings. The SMILES string of the molecule is NC(c1ccccc1)C(NC(=O)COC(=O)/C=C\C(=O)O)(c1ccccc1)C(F)(F)F. The molecule has 164 valence electrons. The lowest BCUT2D eigenvalue weighted by atomic mass is 9.78. The van der Waals surface area contributed by atoms with Crippen LogP contribution in [0.5, 0.6) is 0 Å². The third-order valence-electron chi connectivity index (χ3n) is 4.35. The quantitative estimate of drug-likeness (QED) is 0.432. The molecule has 2 aromatic carbocycles. The number of ether oxygens (including phenoxy) is 1. The number of rotatable bonds is 8. The van der Waals surface area contributed by atoms with Crippen LogP contribution < -0.4 is 11.1 Å². The zero-order valence-electron chi connectivity index (χ0n) is 16.0. The summed E-state index contributed by atoms with van der Waals surface area (Å²) in [7, 11) is 0. The summed E-state index contributed by atoms with van der Waals surface area (Å²) in [5, 5.41) is 10.4. The Labute approximate surface area is 175 Å². The number of hydrogen-bond donors (Lipinski definition) is 3. The molecular weight excluding hydrogens is 417 g/mol. The molecule has 0 aliphatic heterocycles. The summed E-state index contributed by atoms with van der Waals surface area (Å²) in [6, 6.07) is 12.3. The fraction of sp³-hybridized carbons (Fsp3) is 0.190. The average Bonchev–Trinajstić information content (AvgIpc) is 2.74. The molecule has 0 radical (unpaired) electrons. The van der Waals surface area contributed by atoms with E-state index in [4.69, 9.17) is 10.8 Å². The van der Waals surface area contributed by atoms with E-state index in [0.29, 0.717) is 12.2 Å². The van der Waals surface area contributed by atoms with Crippen LogP contribution in [0.3, 0.4) is 0 Å². The first kappa shape index (κ1) is 23.6. The number of nitrogens with one attached hydrogen (secondary N) is 1. The minimum Gasteiger partial charge on any atom is -0.478 e. The molecule has 0 aliphatic rings. The zero-order chi connectivity index (χ0) is 23.1. The van der Waals surface area contributed by atoms with Gasteiger partial charge in [0.2, 0.25) is 0 Å². The number of halogens is 3. The largest absolute Gasteiger partial charge is 0.478 e. The first-order chi connectivity index (χ1) is 14.6. The highest BCUT2D eigenvalue weighted by molar-refractivity contribution is 5.92. The molecule has 0 saturated carbocycles. The lowest BCUT2D eigenvalue weighted by molar-refractivity contribution is -0.210. The van der Waals surface area contributed by atoms with Gasteiger partial charge in [0.15, 0.2) is 12.1 Å². The molecular formula is C21H19F3N2O5. The van der Waals surface area contributed by atoms with Crippen LogP contribution in [0.4, 0.5) is 13.2 Å². The lowest BCUT2D eigenvalue weighted by Gasteiger charge is -2.41. The van der Waals surface area contributed by atoms with Crippen molar-refractivity contribution in [2.24, 2.45) is 5.73 Å². The van der Waals surface area contributed by atoms with Crippen molar-refractivity contribution in [3.8, 4) is 0 Å². The topological polar surface area (TPSA) is 119 Å². The molecule has 2 unspecified atom stereocenters. The molecule has 0 heterocycles. The summed E-state index contributed by atoms with van der Waals surface area (Å²) in [5.74, 6) is -3.91. The molecule has 2 aromatic rings. The predicted molar refractivity (Wildman–Crippen MR) is 103 cm³/mol. The van der Waals surface area contributed by atoms with E-state index < -0.39 is 42.2 Å². The highest BCUT2D eigenvalue weighted by Gasteiger charge is 2.61. The van der Waals surface area contributed by atoms with E-state index in [1.54, 1.807) is 6.07 Å². The monoisotopic (exact) mass is 436 g/mol. The van der Waals surface area contributed by atoms with Gasteiger partial charge in [-0.1, -0.05) is 60.7 Å². The Kier molecular flexibility index (Phi) is 7.54. The molecule has 2 atom stereocenters. The molecule has 4 N–H and O–H groups in total. The van der Waals surface area contributed by atoms with E-state index in [1.165, 1.54) is 54.6 Å². The maximum atomic E-state index is 14.5. The van der Waals surface area contributed by atoms with Crippen molar-refractivity contribution in [3.05, 3.63) is 83.9 Å². The number of carboxylic acids is 1. The molecule has 2 rings (SSSR count). The van der Waals surface area contributed by atoms with Crippen molar-refractivity contribution >= 4 is 17.8 Å². The Morgan fingerprint density at radius 1 is 1.00 bits per heavy atom. The summed E-state index contributed by atoms with van der Waals surface area (Å²) >= 11 is 0. The number of esters is 1. The van der Waals surface area contributed by atoms with Crippen LogP contribution in [-0.2, 0) is 24.7 Å². The molecule has 7 nitrogen and oxygen atoms in total. The van der Waals surface area contributed by atoms with Crippen molar-refractivity contribution in [2.75, 3.05) is 6.61 Å². The fourth-order valence-corrected chi connectivity index (χ4v) is 2.93. The predicted octanol–water partition coefficient (Wildman–Crippen LogP) is 2.44. The van der Waals surface area contributed by atoms with Gasteiger partial charge in [-0.25, -0.2) is 9.59 Å². The average molecular weight is 436 g/mol. The smallest absolute Gasteiger partial charge is 0.417 e. The molecule has 31 heavy (non-hydrogen) atoms. The van der Waals surface area contributed by atoms with Crippen LogP contribution in [0, 0.1) is 0 Å². The third kappa shape index (κ3) is 5.70. The maximum Gasteiger partial charge on any atom is 0.417 e. The van der Waals surface area contributed by atoms with E-state index in [9.17, 15) is 27.6 Å². The number of nitrogens with two attached hydrogens (primary N) is 1. The van der Waals surface area contributed by atoms with Crippen LogP contribution in [0.15, 0.2) is 72.8 Å². The summed E-state index contributed by atoms with van der Waals surface area (Å²) < 4.78 is 48.0. The molecule has 0 spiro atoms. The number of aliphatic carboxylic acids is 1. The number of carboxylic acid groups (broad SMARTS) is 1. The summed E-state index contributed by atoms with van der Waals surface area (Å²) in [4.78, 5) is 34.2. The number of carbonyl (C=O) groups excluding carboxylic acids is 2. The zero-order valence-corrected chi connectivity index (χ0v) is 16.0. The van der Waals surface area contributed by atoms with Crippen LogP contribution in [0.2, 0.25) is 0 Å². The summed E-state index contributed by atoms with van der Waals surface area (Å²) in [5.41, 5.74) is 2.83. The van der Waals surface area contributed by atoms with Crippen molar-refractivity contribution < 1.29 is 37.4 Å². The number of amides is 1. The van der Waals surface area contributed by atoms with Crippen molar-refractivity contribution in [3.63, 3.8) is 0 Å². The molecule has 1 amide bonds. The van der Waals surface area contributed by atoms with Gasteiger partial charge in [-0.3, -0.25) is 4.79 Å². The van der Waals surface area contributed by atoms with Crippen molar-refractivity contribution in [2.45, 2.75) is 17.8 Å². The Hall–Kier alpha value is -3.66. The molecule has 0 aliphatic carbocycles. The normalized spacial score (nSPS) is 14.5. The number of carbonyl (C=O) groups is 3. The molecule has 0 bridgehead atoms. The van der Waals surface area contributed by atoms with E-state index in [1.807, 2.05) is 5.32 Å². The van der Waals surface area contributed by atoms with Crippen LogP contribution in [0.25, 0.3) is 0 Å². The number of alkyl halides is 3. The number of hydrogen-bond acceptors (Lipinski definition) is 5. The van der Waals surface area contributed by atoms with Gasteiger partial charge in [-0.15, -0.1) is 0 Å². The summed E-state index contributed by atoms with van der Waals surface area (Å²) in [6.45, 7) is -1.07. The van der Waals surface area contributed by atoms with Gasteiger partial charge in [0.05, 0.1) is 6.04 Å². The summed E-state index contributed by atoms with van der Waals surface area (Å²) in [6.07, 6.45) is -4.04. The van der Waals surface area contributed by atoms with Gasteiger partial charge >= 0.3 is 18.1 Å². The van der Waals surface area contributed by atoms with E-state index in [-0.39, 0.29) is 11.1 Å². The second kappa shape index (κ2) is 9.90. The Morgan fingerprint density at radius 3 is 2.06 bits per heavy atom. The highest BCUT2D eigenvalue weighted by Crippen LogP contribution is 2.46. The molecule has 10 heteroatoms. The van der Waals surface area contributed by atoms with Crippen LogP contribution in [0.1, 0.15) is 17.2 Å². The number of benzene rings is 2. The maximum absolute atomic E-state index is 14.5. The second-order valence-electron chi connectivity index (χ2n) is 6.39. The van der Waals surface area contributed by atoms with Gasteiger partial charge in [0.25, 0.3) is 5.91 Å². The second-order valence-corrected chi connectivity index (χ2v) is 6.39. The molecule has 0 aromatic heterocycles. The molecule has 0 saturated heterocycles. The highest BCUT2D eigenvalue weighted by atomic mass is 19.4. The van der Waals surface area contributed by atoms with Gasteiger partial charge in [0.1, 0.15) is 0 Å². The van der Waals surface area contributed by atoms with Gasteiger partial charge in [-0.2, -0.15) is 13.2 Å². The van der Waals surface area contributed by atoms with E-state index in [2.05, 4.69) is 4.74 Å². The minimum atomic E-state index is -5.04. The van der Waals surface area contributed by atoms with Gasteiger partial charge in [-0.05, 0) is 11.1 Å². The third-order valence-corrected chi connectivity index (χ3v) is 4.35. The standard InChI is InChI=1S/C21H19F3N2O5/c22-21(23,24)20(15-9-5-2-6-10-15,19(25)14-7-3-1-4-8-14)26-16(27)13-31-18(30)12-11-17(28)29/h1-12,19H,13,25H2,(H,26,27)(H,28,29)/b12-11-. The first-order valence-electron chi connectivity index (χ1n) is 8.89. The Bertz CT molecular complexity index is 948. The fourth-order valence-electron chi connectivity index (χ4n) is 2.93. The van der Waals surface area contributed by atoms with E-state index >= 15 is 0 Å². The van der Waals surface area contributed by atoms with Crippen molar-refractivity contribution in [1.29, 1.82) is 0 Å². The first-order valence-corrected chi connectivity index (χ1v) is 8.89. The van der Waals surface area contributed by atoms with Gasteiger partial charge in [0, 0.05) is 12.2 Å². The Morgan fingerprint density at radius 2 is 1.55 bits per heavy atom. The van der Waals surface area contributed by atoms with Crippen LogP contribution in [-0.4, -0.2) is 35.7 Å². The Balaban J connectivity index is 2.41. The minimum absolute atomic E-state index is 0.116. The van der Waals surface area contributed by atoms with Crippen molar-refractivity contribution in [1.82, 2.24) is 5.32 Å². The van der Waals surface area contributed by atoms with E-state index in [0.717, 1.165) is 0 Å². The van der Waals surface area contributed by atoms with Crippen LogP contribution >= 0.6 is 0 Å². The van der Waals surface area contributed by atoms with Gasteiger partial charge < -0.3 is 20.9 Å². The lowest BCUT2D eigenvalue weighted by Crippen LogP contribution is -2.62.